The highest BCUT2D eigenvalue weighted by molar-refractivity contribution is 6.32. The summed E-state index contributed by atoms with van der Waals surface area (Å²) in [6.07, 6.45) is 10.5. The van der Waals surface area contributed by atoms with Crippen molar-refractivity contribution in [3.8, 4) is 5.75 Å². The minimum atomic E-state index is 0.0454. The number of aromatic nitrogens is 1. The molecule has 2 aliphatic rings. The Morgan fingerprint density at radius 1 is 1.19 bits per heavy atom. The number of halogens is 1. The van der Waals surface area contributed by atoms with Crippen LogP contribution in [0.25, 0.3) is 5.57 Å². The molecule has 0 bridgehead atoms. The van der Waals surface area contributed by atoms with E-state index in [1.165, 1.54) is 25.7 Å². The highest BCUT2D eigenvalue weighted by Gasteiger charge is 2.26. The molecule has 2 aliphatic carbocycles. The Labute approximate surface area is 190 Å². The van der Waals surface area contributed by atoms with Crippen LogP contribution < -0.4 is 15.6 Å². The summed E-state index contributed by atoms with van der Waals surface area (Å²) in [4.78, 5) is 15.8. The van der Waals surface area contributed by atoms with Gasteiger partial charge in [0.25, 0.3) is 5.56 Å². The molecule has 2 fully saturated rings. The number of allylic oxidation sites excluding steroid dienone is 1. The van der Waals surface area contributed by atoms with Gasteiger partial charge in [-0.15, -0.1) is 0 Å². The number of rotatable bonds is 10. The molecule has 5 heteroatoms. The molecule has 0 radical (unpaired) electrons. The lowest BCUT2D eigenvalue weighted by Crippen LogP contribution is -2.16. The minimum absolute atomic E-state index is 0.0454. The van der Waals surface area contributed by atoms with Crippen molar-refractivity contribution in [1.29, 1.82) is 0 Å². The Kier molecular flexibility index (Phi) is 7.52. The summed E-state index contributed by atoms with van der Waals surface area (Å²) in [5.74, 6) is 1.69. The molecule has 2 aromatic rings. The van der Waals surface area contributed by atoms with Crippen LogP contribution in [0.2, 0.25) is 5.02 Å². The second-order valence-corrected chi connectivity index (χ2v) is 9.16. The molecule has 4 nitrogen and oxygen atoms in total. The standard InChI is InChI=1S/C26H33ClN2O2/c1-2-28-14-5-15-31-25-13-10-20(17-23(25)27)22(16-18-6-3-4-7-18)24-12-11-21(19-8-9-19)26(30)29-24/h10-13,16-19,28H,2-9,14-15H2,1H3,(H,29,30). The van der Waals surface area contributed by atoms with Crippen molar-refractivity contribution in [3.05, 3.63) is 68.6 Å². The van der Waals surface area contributed by atoms with Crippen molar-refractivity contribution in [2.45, 2.75) is 57.8 Å². The average Bonchev–Trinajstić information content (AvgIpc) is 3.47. The van der Waals surface area contributed by atoms with Crippen LogP contribution in [0.3, 0.4) is 0 Å². The minimum Gasteiger partial charge on any atom is -0.492 e. The average molecular weight is 441 g/mol. The predicted octanol–water partition coefficient (Wildman–Crippen LogP) is 5.91. The molecule has 1 heterocycles. The molecule has 1 aromatic carbocycles. The Balaban J connectivity index is 1.57. The molecule has 0 amide bonds. The van der Waals surface area contributed by atoms with E-state index in [2.05, 4.69) is 35.4 Å². The maximum atomic E-state index is 12.7. The molecular formula is C26H33ClN2O2. The summed E-state index contributed by atoms with van der Waals surface area (Å²) in [6, 6.07) is 10.0. The number of hydrogen-bond acceptors (Lipinski definition) is 3. The second kappa shape index (κ2) is 10.5. The van der Waals surface area contributed by atoms with Gasteiger partial charge < -0.3 is 15.0 Å². The third kappa shape index (κ3) is 5.81. The summed E-state index contributed by atoms with van der Waals surface area (Å²) in [6.45, 7) is 4.63. The maximum absolute atomic E-state index is 12.7. The highest BCUT2D eigenvalue weighted by atomic mass is 35.5. The van der Waals surface area contributed by atoms with E-state index in [0.29, 0.717) is 29.2 Å². The quantitative estimate of drug-likeness (QED) is 0.452. The summed E-state index contributed by atoms with van der Waals surface area (Å²) in [5, 5.41) is 3.90. The first-order chi connectivity index (χ1) is 15.2. The fraction of sp³-hybridized carbons (Fsp3) is 0.500. The Morgan fingerprint density at radius 3 is 2.68 bits per heavy atom. The lowest BCUT2D eigenvalue weighted by molar-refractivity contribution is 0.309. The zero-order chi connectivity index (χ0) is 21.6. The van der Waals surface area contributed by atoms with Crippen LogP contribution in [-0.2, 0) is 0 Å². The van der Waals surface area contributed by atoms with Gasteiger partial charge in [-0.25, -0.2) is 0 Å². The predicted molar refractivity (Wildman–Crippen MR) is 128 cm³/mol. The van der Waals surface area contributed by atoms with Gasteiger partial charge in [-0.05, 0) is 80.8 Å². The Morgan fingerprint density at radius 2 is 2.00 bits per heavy atom. The molecular weight excluding hydrogens is 408 g/mol. The zero-order valence-corrected chi connectivity index (χ0v) is 19.1. The number of H-pyrrole nitrogens is 1. The van der Waals surface area contributed by atoms with Crippen molar-refractivity contribution in [2.24, 2.45) is 5.92 Å². The zero-order valence-electron chi connectivity index (χ0n) is 18.4. The smallest absolute Gasteiger partial charge is 0.251 e. The fourth-order valence-corrected chi connectivity index (χ4v) is 4.64. The highest BCUT2D eigenvalue weighted by Crippen LogP contribution is 2.39. The molecule has 166 valence electrons. The molecule has 0 atom stereocenters. The topological polar surface area (TPSA) is 54.1 Å². The van der Waals surface area contributed by atoms with E-state index >= 15 is 0 Å². The number of benzene rings is 1. The van der Waals surface area contributed by atoms with Crippen LogP contribution in [0.4, 0.5) is 0 Å². The van der Waals surface area contributed by atoms with E-state index < -0.39 is 0 Å². The van der Waals surface area contributed by atoms with E-state index in [4.69, 9.17) is 16.3 Å². The molecule has 4 rings (SSSR count). The van der Waals surface area contributed by atoms with Gasteiger partial charge in [0.15, 0.2) is 0 Å². The van der Waals surface area contributed by atoms with E-state index in [9.17, 15) is 4.79 Å². The van der Waals surface area contributed by atoms with Crippen LogP contribution in [0.5, 0.6) is 5.75 Å². The SMILES string of the molecule is CCNCCCOc1ccc(C(=CC2CCCC2)c2ccc(C3CC3)c(=O)[nH]2)cc1Cl. The Bertz CT molecular complexity index is 972. The first-order valence-corrected chi connectivity index (χ1v) is 12.1. The number of pyridine rings is 1. The van der Waals surface area contributed by atoms with E-state index in [1.807, 2.05) is 18.2 Å². The van der Waals surface area contributed by atoms with Gasteiger partial charge >= 0.3 is 0 Å². The third-order valence-electron chi connectivity index (χ3n) is 6.30. The first-order valence-electron chi connectivity index (χ1n) is 11.7. The molecule has 0 saturated heterocycles. The number of nitrogens with one attached hydrogen (secondary N) is 2. The monoisotopic (exact) mass is 440 g/mol. The Hall–Kier alpha value is -2.04. The van der Waals surface area contributed by atoms with Crippen molar-refractivity contribution >= 4 is 17.2 Å². The van der Waals surface area contributed by atoms with Gasteiger partial charge in [-0.3, -0.25) is 4.79 Å². The van der Waals surface area contributed by atoms with Gasteiger partial charge in [-0.2, -0.15) is 0 Å². The molecule has 2 saturated carbocycles. The van der Waals surface area contributed by atoms with Crippen LogP contribution in [0.15, 0.2) is 41.2 Å². The molecule has 0 unspecified atom stereocenters. The number of aromatic amines is 1. The summed E-state index contributed by atoms with van der Waals surface area (Å²) < 4.78 is 5.88. The lowest BCUT2D eigenvalue weighted by atomic mass is 9.95. The van der Waals surface area contributed by atoms with Crippen molar-refractivity contribution in [3.63, 3.8) is 0 Å². The maximum Gasteiger partial charge on any atom is 0.251 e. The number of ether oxygens (including phenoxy) is 1. The van der Waals surface area contributed by atoms with Crippen molar-refractivity contribution < 1.29 is 4.74 Å². The van der Waals surface area contributed by atoms with Crippen molar-refractivity contribution in [1.82, 2.24) is 10.3 Å². The first kappa shape index (κ1) is 22.2. The molecule has 0 aliphatic heterocycles. The van der Waals surface area contributed by atoms with E-state index in [0.717, 1.165) is 54.7 Å². The second-order valence-electron chi connectivity index (χ2n) is 8.76. The van der Waals surface area contributed by atoms with Crippen LogP contribution >= 0.6 is 11.6 Å². The van der Waals surface area contributed by atoms with Crippen LogP contribution in [0, 0.1) is 5.92 Å². The number of hydrogen-bond donors (Lipinski definition) is 2. The largest absolute Gasteiger partial charge is 0.492 e. The van der Waals surface area contributed by atoms with Crippen LogP contribution in [0.1, 0.15) is 74.6 Å². The van der Waals surface area contributed by atoms with Gasteiger partial charge in [0, 0.05) is 16.8 Å². The fourth-order valence-electron chi connectivity index (χ4n) is 4.40. The van der Waals surface area contributed by atoms with Crippen molar-refractivity contribution in [2.75, 3.05) is 19.7 Å². The van der Waals surface area contributed by atoms with Gasteiger partial charge in [0.2, 0.25) is 0 Å². The summed E-state index contributed by atoms with van der Waals surface area (Å²) in [7, 11) is 0. The van der Waals surface area contributed by atoms with Gasteiger partial charge in [-0.1, -0.05) is 49.6 Å². The molecule has 2 N–H and O–H groups in total. The van der Waals surface area contributed by atoms with Crippen LogP contribution in [-0.4, -0.2) is 24.7 Å². The molecule has 1 aromatic heterocycles. The lowest BCUT2D eigenvalue weighted by Gasteiger charge is -2.14. The molecule has 0 spiro atoms. The van der Waals surface area contributed by atoms with E-state index in [-0.39, 0.29) is 5.56 Å². The van der Waals surface area contributed by atoms with Gasteiger partial charge in [0.05, 0.1) is 11.6 Å². The normalized spacial score (nSPS) is 17.3. The molecule has 31 heavy (non-hydrogen) atoms. The van der Waals surface area contributed by atoms with E-state index in [1.54, 1.807) is 0 Å². The third-order valence-corrected chi connectivity index (χ3v) is 6.59. The summed E-state index contributed by atoms with van der Waals surface area (Å²) >= 11 is 6.58. The van der Waals surface area contributed by atoms with Gasteiger partial charge in [0.1, 0.15) is 5.75 Å². The summed E-state index contributed by atoms with van der Waals surface area (Å²) in [5.41, 5.74) is 3.92.